The number of hydrogen-bond donors (Lipinski definition) is 2. The van der Waals surface area contributed by atoms with E-state index in [1.807, 2.05) is 13.8 Å². The zero-order chi connectivity index (χ0) is 17.5. The van der Waals surface area contributed by atoms with E-state index in [9.17, 15) is 9.59 Å². The highest BCUT2D eigenvalue weighted by molar-refractivity contribution is 6.31. The van der Waals surface area contributed by atoms with Crippen molar-refractivity contribution in [2.24, 2.45) is 5.92 Å². The van der Waals surface area contributed by atoms with Gasteiger partial charge < -0.3 is 10.6 Å². The van der Waals surface area contributed by atoms with Gasteiger partial charge in [0.25, 0.3) is 5.91 Å². The van der Waals surface area contributed by atoms with Crippen LogP contribution < -0.4 is 10.6 Å². The monoisotopic (exact) mass is 344 g/mol. The Morgan fingerprint density at radius 3 is 2.21 bits per heavy atom. The molecule has 2 amide bonds. The molecule has 2 rings (SSSR count). The second-order valence-corrected chi connectivity index (χ2v) is 5.98. The van der Waals surface area contributed by atoms with Gasteiger partial charge in [0.2, 0.25) is 5.91 Å². The SMILES string of the molecule is CCC(CC)C(=O)Nc1ccc(C(=O)Nc2cccc(Cl)c2)cc1. The maximum Gasteiger partial charge on any atom is 0.255 e. The lowest BCUT2D eigenvalue weighted by atomic mass is 10.0. The minimum Gasteiger partial charge on any atom is -0.326 e. The molecule has 0 saturated carbocycles. The standard InChI is InChI=1S/C19H21ClN2O2/c1-3-13(4-2)18(23)21-16-10-8-14(9-11-16)19(24)22-17-7-5-6-15(20)12-17/h5-13H,3-4H2,1-2H3,(H,21,23)(H,22,24). The van der Waals surface area contributed by atoms with Gasteiger partial charge in [0.05, 0.1) is 0 Å². The van der Waals surface area contributed by atoms with E-state index in [1.54, 1.807) is 48.5 Å². The van der Waals surface area contributed by atoms with Gasteiger partial charge in [0.1, 0.15) is 0 Å². The predicted molar refractivity (Wildman–Crippen MR) is 98.5 cm³/mol. The molecule has 0 atom stereocenters. The number of anilines is 2. The van der Waals surface area contributed by atoms with Crippen molar-refractivity contribution in [3.8, 4) is 0 Å². The molecule has 0 spiro atoms. The highest BCUT2D eigenvalue weighted by atomic mass is 35.5. The molecule has 2 aromatic carbocycles. The molecule has 126 valence electrons. The minimum atomic E-state index is -0.227. The summed E-state index contributed by atoms with van der Waals surface area (Å²) >= 11 is 5.90. The third kappa shape index (κ3) is 4.83. The van der Waals surface area contributed by atoms with E-state index in [2.05, 4.69) is 10.6 Å². The smallest absolute Gasteiger partial charge is 0.255 e. The average Bonchev–Trinajstić information content (AvgIpc) is 2.56. The maximum absolute atomic E-state index is 12.2. The van der Waals surface area contributed by atoms with Crippen LogP contribution in [0.1, 0.15) is 37.0 Å². The lowest BCUT2D eigenvalue weighted by Gasteiger charge is -2.13. The first-order valence-corrected chi connectivity index (χ1v) is 8.39. The summed E-state index contributed by atoms with van der Waals surface area (Å²) in [6, 6.07) is 13.8. The van der Waals surface area contributed by atoms with Gasteiger partial charge >= 0.3 is 0 Å². The molecule has 0 aliphatic rings. The molecule has 0 aliphatic heterocycles. The lowest BCUT2D eigenvalue weighted by Crippen LogP contribution is -2.21. The zero-order valence-electron chi connectivity index (χ0n) is 13.8. The highest BCUT2D eigenvalue weighted by Gasteiger charge is 2.14. The van der Waals surface area contributed by atoms with Crippen LogP contribution in [0, 0.1) is 5.92 Å². The van der Waals surface area contributed by atoms with Crippen LogP contribution in [-0.4, -0.2) is 11.8 Å². The molecule has 0 heterocycles. The summed E-state index contributed by atoms with van der Waals surface area (Å²) < 4.78 is 0. The number of nitrogens with one attached hydrogen (secondary N) is 2. The van der Waals surface area contributed by atoms with E-state index >= 15 is 0 Å². The van der Waals surface area contributed by atoms with Crippen molar-refractivity contribution in [1.82, 2.24) is 0 Å². The van der Waals surface area contributed by atoms with Gasteiger partial charge in [-0.25, -0.2) is 0 Å². The second-order valence-electron chi connectivity index (χ2n) is 5.54. The van der Waals surface area contributed by atoms with Crippen LogP contribution in [0.15, 0.2) is 48.5 Å². The van der Waals surface area contributed by atoms with Crippen molar-refractivity contribution in [3.05, 3.63) is 59.1 Å². The summed E-state index contributed by atoms with van der Waals surface area (Å²) in [6.07, 6.45) is 1.62. The van der Waals surface area contributed by atoms with E-state index < -0.39 is 0 Å². The first-order chi connectivity index (χ1) is 11.5. The predicted octanol–water partition coefficient (Wildman–Crippen LogP) is 4.97. The van der Waals surface area contributed by atoms with E-state index in [-0.39, 0.29) is 17.7 Å². The van der Waals surface area contributed by atoms with Crippen molar-refractivity contribution < 1.29 is 9.59 Å². The Morgan fingerprint density at radius 1 is 0.958 bits per heavy atom. The molecule has 0 saturated heterocycles. The Bertz CT molecular complexity index is 710. The van der Waals surface area contributed by atoms with Gasteiger partial charge in [-0.15, -0.1) is 0 Å². The summed E-state index contributed by atoms with van der Waals surface area (Å²) in [6.45, 7) is 3.99. The van der Waals surface area contributed by atoms with Crippen LogP contribution in [0.3, 0.4) is 0 Å². The lowest BCUT2D eigenvalue weighted by molar-refractivity contribution is -0.120. The number of carbonyl (C=O) groups excluding carboxylic acids is 2. The topological polar surface area (TPSA) is 58.2 Å². The Morgan fingerprint density at radius 2 is 1.62 bits per heavy atom. The van der Waals surface area contributed by atoms with Gasteiger partial charge in [0.15, 0.2) is 0 Å². The first-order valence-electron chi connectivity index (χ1n) is 8.01. The van der Waals surface area contributed by atoms with Gasteiger partial charge in [-0.3, -0.25) is 9.59 Å². The molecule has 4 nitrogen and oxygen atoms in total. The number of rotatable bonds is 6. The van der Waals surface area contributed by atoms with Gasteiger partial charge in [-0.1, -0.05) is 31.5 Å². The Balaban J connectivity index is 2.01. The summed E-state index contributed by atoms with van der Waals surface area (Å²) in [5.41, 5.74) is 1.83. The van der Waals surface area contributed by atoms with Crippen molar-refractivity contribution in [2.45, 2.75) is 26.7 Å². The number of hydrogen-bond acceptors (Lipinski definition) is 2. The third-order valence-electron chi connectivity index (χ3n) is 3.85. The number of halogens is 1. The van der Waals surface area contributed by atoms with E-state index in [4.69, 9.17) is 11.6 Å². The average molecular weight is 345 g/mol. The van der Waals surface area contributed by atoms with Crippen LogP contribution in [-0.2, 0) is 4.79 Å². The fourth-order valence-electron chi connectivity index (χ4n) is 2.38. The normalized spacial score (nSPS) is 10.5. The van der Waals surface area contributed by atoms with Crippen LogP contribution >= 0.6 is 11.6 Å². The first kappa shape index (κ1) is 18.0. The molecule has 0 bridgehead atoms. The summed E-state index contributed by atoms with van der Waals surface area (Å²) in [4.78, 5) is 24.3. The van der Waals surface area contributed by atoms with Gasteiger partial charge in [0, 0.05) is 27.9 Å². The quantitative estimate of drug-likeness (QED) is 0.777. The number of benzene rings is 2. The van der Waals surface area contributed by atoms with Crippen LogP contribution in [0.5, 0.6) is 0 Å². The molecule has 0 fully saturated rings. The molecular weight excluding hydrogens is 324 g/mol. The Hall–Kier alpha value is -2.33. The van der Waals surface area contributed by atoms with E-state index in [1.165, 1.54) is 0 Å². The molecule has 2 aromatic rings. The number of amides is 2. The molecule has 0 aromatic heterocycles. The maximum atomic E-state index is 12.2. The zero-order valence-corrected chi connectivity index (χ0v) is 14.6. The highest BCUT2D eigenvalue weighted by Crippen LogP contribution is 2.17. The Kier molecular flexibility index (Phi) is 6.38. The fraction of sp³-hybridized carbons (Fsp3) is 0.263. The summed E-state index contributed by atoms with van der Waals surface area (Å²) in [7, 11) is 0. The molecule has 2 N–H and O–H groups in total. The van der Waals surface area contributed by atoms with Gasteiger partial charge in [-0.2, -0.15) is 0 Å². The molecule has 24 heavy (non-hydrogen) atoms. The van der Waals surface area contributed by atoms with Crippen LogP contribution in [0.2, 0.25) is 5.02 Å². The molecular formula is C19H21ClN2O2. The molecule has 0 aliphatic carbocycles. The van der Waals surface area contributed by atoms with Crippen molar-refractivity contribution >= 4 is 34.8 Å². The minimum absolute atomic E-state index is 0.0100. The van der Waals surface area contributed by atoms with Crippen molar-refractivity contribution in [3.63, 3.8) is 0 Å². The molecule has 0 unspecified atom stereocenters. The number of carbonyl (C=O) groups is 2. The van der Waals surface area contributed by atoms with E-state index in [0.29, 0.717) is 22.0 Å². The van der Waals surface area contributed by atoms with Crippen LogP contribution in [0.25, 0.3) is 0 Å². The van der Waals surface area contributed by atoms with Crippen molar-refractivity contribution in [2.75, 3.05) is 10.6 Å². The molecule has 5 heteroatoms. The fourth-order valence-corrected chi connectivity index (χ4v) is 2.57. The van der Waals surface area contributed by atoms with Gasteiger partial charge in [-0.05, 0) is 55.3 Å². The summed E-state index contributed by atoms with van der Waals surface area (Å²) in [5, 5.41) is 6.23. The Labute approximate surface area is 147 Å². The molecule has 0 radical (unpaired) electrons. The van der Waals surface area contributed by atoms with Crippen molar-refractivity contribution in [1.29, 1.82) is 0 Å². The van der Waals surface area contributed by atoms with Crippen LogP contribution in [0.4, 0.5) is 11.4 Å². The largest absolute Gasteiger partial charge is 0.326 e. The summed E-state index contributed by atoms with van der Waals surface area (Å²) in [5.74, 6) is -0.206. The van der Waals surface area contributed by atoms with E-state index in [0.717, 1.165) is 12.8 Å². The third-order valence-corrected chi connectivity index (χ3v) is 4.09. The second kappa shape index (κ2) is 8.50.